The van der Waals surface area contributed by atoms with Crippen LogP contribution in [0.1, 0.15) is 53.1 Å². The third-order valence-electron chi connectivity index (χ3n) is 7.06. The molecule has 0 unspecified atom stereocenters. The molecule has 0 saturated heterocycles. The number of thiophene rings is 1. The number of hydrogen-bond acceptors (Lipinski definition) is 3. The normalized spacial score (nSPS) is 16.5. The number of nitrogens with zero attached hydrogens (tertiary/aromatic N) is 2. The van der Waals surface area contributed by atoms with Crippen LogP contribution >= 0.6 is 22.9 Å². The quantitative estimate of drug-likeness (QED) is 0.303. The van der Waals surface area contributed by atoms with Crippen molar-refractivity contribution in [3.63, 3.8) is 0 Å². The molecule has 0 saturated carbocycles. The summed E-state index contributed by atoms with van der Waals surface area (Å²) >= 11 is 8.30. The molecule has 36 heavy (non-hydrogen) atoms. The van der Waals surface area contributed by atoms with Crippen LogP contribution in [-0.2, 0) is 19.4 Å². The van der Waals surface area contributed by atoms with Crippen LogP contribution in [-0.4, -0.2) is 22.1 Å². The highest BCUT2D eigenvalue weighted by Gasteiger charge is 2.36. The molecule has 1 N–H and O–H groups in total. The number of benzene rings is 2. The van der Waals surface area contributed by atoms with E-state index in [4.69, 9.17) is 16.3 Å². The Bertz CT molecular complexity index is 1410. The Morgan fingerprint density at radius 2 is 1.86 bits per heavy atom. The van der Waals surface area contributed by atoms with Crippen molar-refractivity contribution in [1.29, 1.82) is 0 Å². The van der Waals surface area contributed by atoms with E-state index in [1.165, 1.54) is 33.8 Å². The third-order valence-corrected chi connectivity index (χ3v) is 8.73. The van der Waals surface area contributed by atoms with E-state index in [-0.39, 0.29) is 12.1 Å². The van der Waals surface area contributed by atoms with E-state index in [1.807, 2.05) is 53.5 Å². The molecule has 7 heteroatoms. The highest BCUT2D eigenvalue weighted by molar-refractivity contribution is 7.15. The molecule has 3 heterocycles. The molecule has 6 rings (SSSR count). The van der Waals surface area contributed by atoms with Crippen LogP contribution in [0.4, 0.5) is 10.5 Å². The second-order valence-corrected chi connectivity index (χ2v) is 10.7. The smallest absolute Gasteiger partial charge is 0.323 e. The fourth-order valence-electron chi connectivity index (χ4n) is 5.40. The third kappa shape index (κ3) is 4.08. The summed E-state index contributed by atoms with van der Waals surface area (Å²) in [6, 6.07) is 19.3. The molecular weight excluding hydrogens is 490 g/mol. The van der Waals surface area contributed by atoms with Gasteiger partial charge in [0.15, 0.2) is 0 Å². The van der Waals surface area contributed by atoms with Crippen molar-refractivity contribution in [1.82, 2.24) is 9.47 Å². The van der Waals surface area contributed by atoms with E-state index in [2.05, 4.69) is 40.3 Å². The number of ether oxygens (including phenoxy) is 1. The van der Waals surface area contributed by atoms with Crippen molar-refractivity contribution in [3.05, 3.63) is 99.1 Å². The lowest BCUT2D eigenvalue weighted by Crippen LogP contribution is -2.38. The van der Waals surface area contributed by atoms with Gasteiger partial charge in [0.1, 0.15) is 10.8 Å². The van der Waals surface area contributed by atoms with Gasteiger partial charge in [0, 0.05) is 16.6 Å². The molecule has 2 aromatic heterocycles. The first kappa shape index (κ1) is 23.2. The minimum atomic E-state index is -0.267. The van der Waals surface area contributed by atoms with Gasteiger partial charge in [-0.2, -0.15) is 0 Å². The molecule has 2 aromatic carbocycles. The van der Waals surface area contributed by atoms with Gasteiger partial charge in [-0.05, 0) is 80.1 Å². The van der Waals surface area contributed by atoms with E-state index in [9.17, 15) is 4.79 Å². The SMILES string of the molecule is CCOc1ccc([C@@H]2c3cccn3-c3sc4c(c3CN2C(=O)Nc2ccccc2Cl)CCCC4)cc1. The first-order valence-corrected chi connectivity index (χ1v) is 13.7. The van der Waals surface area contributed by atoms with Gasteiger partial charge in [-0.15, -0.1) is 11.3 Å². The highest BCUT2D eigenvalue weighted by atomic mass is 35.5. The molecule has 1 aliphatic heterocycles. The number of aromatic nitrogens is 1. The predicted molar refractivity (Wildman–Crippen MR) is 146 cm³/mol. The lowest BCUT2D eigenvalue weighted by molar-refractivity contribution is 0.194. The molecule has 2 aliphatic rings. The fraction of sp³-hybridized carbons (Fsp3) is 0.276. The number of rotatable bonds is 4. The maximum atomic E-state index is 14.0. The molecule has 5 nitrogen and oxygen atoms in total. The van der Waals surface area contributed by atoms with Crippen LogP contribution in [0, 0.1) is 0 Å². The second-order valence-electron chi connectivity index (χ2n) is 9.24. The lowest BCUT2D eigenvalue weighted by atomic mass is 9.95. The number of hydrogen-bond donors (Lipinski definition) is 1. The van der Waals surface area contributed by atoms with E-state index in [0.717, 1.165) is 29.8 Å². The number of urea groups is 1. The van der Waals surface area contributed by atoms with Crippen molar-refractivity contribution < 1.29 is 9.53 Å². The molecule has 4 aromatic rings. The standard InChI is InChI=1S/C29H28ClN3O2S/c1-2-35-20-15-13-19(14-16-20)27-25-11-7-17-32(25)28-22(21-8-3-6-12-26(21)36-28)18-33(27)29(34)31-24-10-5-4-9-23(24)30/h4-5,7,9-11,13-17,27H,2-3,6,8,12,18H2,1H3,(H,31,34)/t27-/m1/s1. The number of nitrogens with one attached hydrogen (secondary N) is 1. The van der Waals surface area contributed by atoms with E-state index in [1.54, 1.807) is 6.07 Å². The Labute approximate surface area is 220 Å². The van der Waals surface area contributed by atoms with Gasteiger partial charge < -0.3 is 19.5 Å². The van der Waals surface area contributed by atoms with Crippen molar-refractivity contribution in [3.8, 4) is 10.8 Å². The van der Waals surface area contributed by atoms with Gasteiger partial charge >= 0.3 is 6.03 Å². The first-order valence-electron chi connectivity index (χ1n) is 12.5. The Hall–Kier alpha value is -3.22. The molecule has 0 fully saturated rings. The highest BCUT2D eigenvalue weighted by Crippen LogP contribution is 2.44. The van der Waals surface area contributed by atoms with Crippen LogP contribution in [0.15, 0.2) is 66.9 Å². The Morgan fingerprint density at radius 3 is 2.67 bits per heavy atom. The molecule has 1 atom stereocenters. The van der Waals surface area contributed by atoms with E-state index < -0.39 is 0 Å². The topological polar surface area (TPSA) is 46.5 Å². The minimum Gasteiger partial charge on any atom is -0.494 e. The second kappa shape index (κ2) is 9.68. The summed E-state index contributed by atoms with van der Waals surface area (Å²) in [6.07, 6.45) is 6.76. The van der Waals surface area contributed by atoms with Gasteiger partial charge in [0.25, 0.3) is 0 Å². The molecule has 1 aliphatic carbocycles. The summed E-state index contributed by atoms with van der Waals surface area (Å²) in [6.45, 7) is 3.13. The number of carbonyl (C=O) groups is 1. The summed E-state index contributed by atoms with van der Waals surface area (Å²) in [4.78, 5) is 17.4. The zero-order valence-corrected chi connectivity index (χ0v) is 21.7. The Kier molecular flexibility index (Phi) is 6.23. The minimum absolute atomic E-state index is 0.168. The number of amides is 2. The first-order chi connectivity index (χ1) is 17.6. The number of aryl methyl sites for hydroxylation is 1. The van der Waals surface area contributed by atoms with Crippen molar-refractivity contribution in [2.24, 2.45) is 0 Å². The number of carbonyl (C=O) groups excluding carboxylic acids is 1. The monoisotopic (exact) mass is 517 g/mol. The number of para-hydroxylation sites is 1. The van der Waals surface area contributed by atoms with Gasteiger partial charge in [0.05, 0.1) is 35.6 Å². The average Bonchev–Trinajstić information content (AvgIpc) is 3.48. The predicted octanol–water partition coefficient (Wildman–Crippen LogP) is 7.61. The van der Waals surface area contributed by atoms with Crippen molar-refractivity contribution in [2.75, 3.05) is 11.9 Å². The zero-order chi connectivity index (χ0) is 24.6. The van der Waals surface area contributed by atoms with Gasteiger partial charge in [-0.3, -0.25) is 0 Å². The maximum Gasteiger partial charge on any atom is 0.323 e. The Morgan fingerprint density at radius 1 is 1.06 bits per heavy atom. The average molecular weight is 518 g/mol. The summed E-state index contributed by atoms with van der Waals surface area (Å²) in [5.41, 5.74) is 5.43. The van der Waals surface area contributed by atoms with E-state index in [0.29, 0.717) is 23.9 Å². The van der Waals surface area contributed by atoms with Gasteiger partial charge in [-0.1, -0.05) is 35.9 Å². The molecule has 184 valence electrons. The van der Waals surface area contributed by atoms with Gasteiger partial charge in [0.2, 0.25) is 0 Å². The zero-order valence-electron chi connectivity index (χ0n) is 20.2. The van der Waals surface area contributed by atoms with Gasteiger partial charge in [-0.25, -0.2) is 4.79 Å². The van der Waals surface area contributed by atoms with Crippen molar-refractivity contribution >= 4 is 34.7 Å². The summed E-state index contributed by atoms with van der Waals surface area (Å²) in [5.74, 6) is 0.825. The summed E-state index contributed by atoms with van der Waals surface area (Å²) in [5, 5.41) is 4.85. The van der Waals surface area contributed by atoms with E-state index >= 15 is 0 Å². The largest absolute Gasteiger partial charge is 0.494 e. The molecule has 0 spiro atoms. The molecule has 0 radical (unpaired) electrons. The van der Waals surface area contributed by atoms with Crippen LogP contribution in [0.5, 0.6) is 5.75 Å². The van der Waals surface area contributed by atoms with Crippen LogP contribution in [0.2, 0.25) is 5.02 Å². The molecular formula is C29H28ClN3O2S. The van der Waals surface area contributed by atoms with Crippen LogP contribution < -0.4 is 10.1 Å². The number of anilines is 1. The lowest BCUT2D eigenvalue weighted by Gasteiger charge is -2.31. The van der Waals surface area contributed by atoms with Crippen LogP contribution in [0.3, 0.4) is 0 Å². The maximum absolute atomic E-state index is 14.0. The number of fused-ring (bicyclic) bond motifs is 5. The summed E-state index contributed by atoms with van der Waals surface area (Å²) < 4.78 is 7.98. The van der Waals surface area contributed by atoms with Crippen LogP contribution in [0.25, 0.3) is 5.00 Å². The molecule has 2 amide bonds. The summed E-state index contributed by atoms with van der Waals surface area (Å²) in [7, 11) is 0. The Balaban J connectivity index is 1.48. The number of halogens is 1. The van der Waals surface area contributed by atoms with Crippen molar-refractivity contribution in [2.45, 2.75) is 45.2 Å². The molecule has 0 bridgehead atoms. The fourth-order valence-corrected chi connectivity index (χ4v) is 6.99.